The quantitative estimate of drug-likeness (QED) is 0.317. The monoisotopic (exact) mass is 518 g/mol. The van der Waals surface area contributed by atoms with Crippen LogP contribution in [0.5, 0.6) is 11.5 Å². The average Bonchev–Trinajstić information content (AvgIpc) is 3.22. The largest absolute Gasteiger partial charge is 0.493 e. The minimum absolute atomic E-state index is 0.229. The van der Waals surface area contributed by atoms with Gasteiger partial charge in [0.1, 0.15) is 0 Å². The van der Waals surface area contributed by atoms with E-state index < -0.39 is 12.0 Å². The van der Waals surface area contributed by atoms with Crippen LogP contribution in [0.1, 0.15) is 43.0 Å². The van der Waals surface area contributed by atoms with Crippen molar-refractivity contribution in [2.45, 2.75) is 32.7 Å². The van der Waals surface area contributed by atoms with Crippen LogP contribution >= 0.6 is 11.3 Å². The highest BCUT2D eigenvalue weighted by Gasteiger charge is 2.33. The zero-order valence-corrected chi connectivity index (χ0v) is 22.3. The summed E-state index contributed by atoms with van der Waals surface area (Å²) < 4.78 is 18.6. The molecule has 2 aromatic carbocycles. The van der Waals surface area contributed by atoms with Gasteiger partial charge in [-0.2, -0.15) is 0 Å². The second-order valence-corrected chi connectivity index (χ2v) is 9.35. The number of allylic oxidation sites excluding steroid dienone is 2. The molecule has 0 spiro atoms. The first-order chi connectivity index (χ1) is 18.0. The molecule has 3 aromatic rings. The Morgan fingerprint density at radius 3 is 2.57 bits per heavy atom. The Bertz CT molecular complexity index is 1530. The molecular formula is C29H30N2O5S. The highest BCUT2D eigenvalue weighted by molar-refractivity contribution is 7.07. The van der Waals surface area contributed by atoms with Crippen LogP contribution in [0, 0.1) is 0 Å². The Balaban J connectivity index is 1.97. The lowest BCUT2D eigenvalue weighted by Gasteiger charge is -2.25. The van der Waals surface area contributed by atoms with E-state index in [4.69, 9.17) is 19.2 Å². The molecule has 0 bridgehead atoms. The molecule has 0 radical (unpaired) electrons. The first kappa shape index (κ1) is 26.2. The van der Waals surface area contributed by atoms with Crippen molar-refractivity contribution in [3.05, 3.63) is 103 Å². The molecule has 0 amide bonds. The van der Waals surface area contributed by atoms with Crippen LogP contribution in [0.3, 0.4) is 0 Å². The van der Waals surface area contributed by atoms with Crippen LogP contribution in [0.15, 0.2) is 76.2 Å². The molecule has 1 aromatic heterocycles. The Kier molecular flexibility index (Phi) is 8.08. The van der Waals surface area contributed by atoms with E-state index >= 15 is 0 Å². The van der Waals surface area contributed by atoms with E-state index in [2.05, 4.69) is 6.58 Å². The zero-order chi connectivity index (χ0) is 26.5. The van der Waals surface area contributed by atoms with E-state index in [1.165, 1.54) is 18.4 Å². The number of esters is 1. The van der Waals surface area contributed by atoms with Gasteiger partial charge < -0.3 is 14.2 Å². The van der Waals surface area contributed by atoms with Crippen molar-refractivity contribution >= 4 is 23.4 Å². The normalized spacial score (nSPS) is 15.1. The molecule has 8 heteroatoms. The fraction of sp³-hybridized carbons (Fsp3) is 0.276. The smallest absolute Gasteiger partial charge is 0.338 e. The van der Waals surface area contributed by atoms with E-state index in [1.807, 2.05) is 62.4 Å². The van der Waals surface area contributed by atoms with Crippen molar-refractivity contribution in [1.82, 2.24) is 4.57 Å². The van der Waals surface area contributed by atoms with Gasteiger partial charge in [0.2, 0.25) is 0 Å². The molecule has 1 aliphatic heterocycles. The SMILES string of the molecule is C=CCc1cc(/C=c2\sc3n(c2=O)[C@H](c2ccccc2)C(C(=O)OC)=C(CC)N=3)cc(OCC)c1OC. The summed E-state index contributed by atoms with van der Waals surface area (Å²) in [6.45, 7) is 8.17. The van der Waals surface area contributed by atoms with Crippen LogP contribution in [0.25, 0.3) is 6.08 Å². The lowest BCUT2D eigenvalue weighted by atomic mass is 9.95. The predicted molar refractivity (Wildman–Crippen MR) is 145 cm³/mol. The van der Waals surface area contributed by atoms with Gasteiger partial charge in [-0.1, -0.05) is 54.7 Å². The third-order valence-electron chi connectivity index (χ3n) is 6.09. The van der Waals surface area contributed by atoms with Gasteiger partial charge in [0.15, 0.2) is 16.3 Å². The van der Waals surface area contributed by atoms with Gasteiger partial charge in [-0.3, -0.25) is 9.36 Å². The number of methoxy groups -OCH3 is 2. The minimum Gasteiger partial charge on any atom is -0.493 e. The van der Waals surface area contributed by atoms with Crippen LogP contribution < -0.4 is 24.4 Å². The number of ether oxygens (including phenoxy) is 3. The number of benzene rings is 2. The summed E-state index contributed by atoms with van der Waals surface area (Å²) in [5, 5.41) is 0. The standard InChI is InChI=1S/C29H30N2O5S/c1-6-12-20-15-18(16-22(36-8-3)26(20)34-4)17-23-27(32)31-25(19-13-10-9-11-14-19)24(28(33)35-5)21(7-2)30-29(31)37-23/h6,9-11,13-17,25H,1,7-8,12H2,2-5H3/b23-17-/t25-/m1/s1. The molecule has 4 rings (SSSR count). The number of fused-ring (bicyclic) bond motifs is 1. The molecule has 2 heterocycles. The number of aromatic nitrogens is 1. The second kappa shape index (κ2) is 11.4. The molecule has 0 saturated heterocycles. The molecule has 1 atom stereocenters. The maximum atomic E-state index is 13.8. The summed E-state index contributed by atoms with van der Waals surface area (Å²) in [6, 6.07) is 12.7. The summed E-state index contributed by atoms with van der Waals surface area (Å²) in [7, 11) is 2.95. The molecule has 0 unspecified atom stereocenters. The van der Waals surface area contributed by atoms with Crippen molar-refractivity contribution in [3.8, 4) is 11.5 Å². The van der Waals surface area contributed by atoms with Gasteiger partial charge in [-0.15, -0.1) is 6.58 Å². The Hall–Kier alpha value is -3.91. The lowest BCUT2D eigenvalue weighted by molar-refractivity contribution is -0.136. The van der Waals surface area contributed by atoms with Crippen LogP contribution in [-0.4, -0.2) is 31.4 Å². The van der Waals surface area contributed by atoms with Crippen molar-refractivity contribution in [3.63, 3.8) is 0 Å². The van der Waals surface area contributed by atoms with E-state index in [-0.39, 0.29) is 5.56 Å². The molecule has 192 valence electrons. The molecule has 0 N–H and O–H groups in total. The topological polar surface area (TPSA) is 79.1 Å². The van der Waals surface area contributed by atoms with Gasteiger partial charge in [-0.05, 0) is 49.1 Å². The van der Waals surface area contributed by atoms with E-state index in [1.54, 1.807) is 17.8 Å². The summed E-state index contributed by atoms with van der Waals surface area (Å²) in [5.41, 5.74) is 3.29. The van der Waals surface area contributed by atoms with Gasteiger partial charge >= 0.3 is 5.97 Å². The highest BCUT2D eigenvalue weighted by atomic mass is 32.1. The number of carbonyl (C=O) groups is 1. The number of hydrogen-bond donors (Lipinski definition) is 0. The van der Waals surface area contributed by atoms with Gasteiger partial charge in [-0.25, -0.2) is 9.79 Å². The van der Waals surface area contributed by atoms with Crippen molar-refractivity contribution < 1.29 is 19.0 Å². The van der Waals surface area contributed by atoms with Crippen LogP contribution in [0.4, 0.5) is 0 Å². The highest BCUT2D eigenvalue weighted by Crippen LogP contribution is 2.34. The predicted octanol–water partition coefficient (Wildman–Crippen LogP) is 3.93. The molecule has 7 nitrogen and oxygen atoms in total. The van der Waals surface area contributed by atoms with E-state index in [0.717, 1.165) is 16.7 Å². The summed E-state index contributed by atoms with van der Waals surface area (Å²) in [4.78, 5) is 32.0. The number of thiazole rings is 1. The van der Waals surface area contributed by atoms with Crippen molar-refractivity contribution in [1.29, 1.82) is 0 Å². The molecule has 0 aliphatic carbocycles. The summed E-state index contributed by atoms with van der Waals surface area (Å²) >= 11 is 1.29. The first-order valence-electron chi connectivity index (χ1n) is 12.1. The molecule has 0 fully saturated rings. The Morgan fingerprint density at radius 1 is 1.19 bits per heavy atom. The van der Waals surface area contributed by atoms with Crippen molar-refractivity contribution in [2.75, 3.05) is 20.8 Å². The van der Waals surface area contributed by atoms with Crippen LogP contribution in [-0.2, 0) is 16.0 Å². The molecule has 0 saturated carbocycles. The van der Waals surface area contributed by atoms with E-state index in [9.17, 15) is 9.59 Å². The number of hydrogen-bond acceptors (Lipinski definition) is 7. The summed E-state index contributed by atoms with van der Waals surface area (Å²) in [6.07, 6.45) is 4.74. The Morgan fingerprint density at radius 2 is 1.95 bits per heavy atom. The maximum absolute atomic E-state index is 13.8. The number of nitrogens with zero attached hydrogens (tertiary/aromatic N) is 2. The number of rotatable bonds is 9. The van der Waals surface area contributed by atoms with Gasteiger partial charge in [0.25, 0.3) is 5.56 Å². The first-order valence-corrected chi connectivity index (χ1v) is 12.9. The maximum Gasteiger partial charge on any atom is 0.338 e. The third kappa shape index (κ3) is 5.02. The second-order valence-electron chi connectivity index (χ2n) is 8.34. The van der Waals surface area contributed by atoms with E-state index in [0.29, 0.717) is 51.6 Å². The molecule has 1 aliphatic rings. The average molecular weight is 519 g/mol. The fourth-order valence-electron chi connectivity index (χ4n) is 4.53. The van der Waals surface area contributed by atoms with Crippen LogP contribution in [0.2, 0.25) is 0 Å². The number of carbonyl (C=O) groups excluding carboxylic acids is 1. The van der Waals surface area contributed by atoms with Gasteiger partial charge in [0, 0.05) is 5.56 Å². The summed E-state index contributed by atoms with van der Waals surface area (Å²) in [5.74, 6) is 0.765. The minimum atomic E-state index is -0.631. The molecular weight excluding hydrogens is 488 g/mol. The van der Waals surface area contributed by atoms with Gasteiger partial charge in [0.05, 0.1) is 42.7 Å². The van der Waals surface area contributed by atoms with Crippen molar-refractivity contribution in [2.24, 2.45) is 4.99 Å². The fourth-order valence-corrected chi connectivity index (χ4v) is 5.55. The Labute approximate surface area is 219 Å². The molecule has 37 heavy (non-hydrogen) atoms. The lowest BCUT2D eigenvalue weighted by Crippen LogP contribution is -2.40. The zero-order valence-electron chi connectivity index (χ0n) is 21.4. The third-order valence-corrected chi connectivity index (χ3v) is 7.07.